The normalized spacial score (nSPS) is 11.0. The standard InChI is InChI=1S/C14H9Br2NO/c15-7-10-3-6-12(13-8-18-17-14(10)13)9-1-4-11(16)5-2-9/h1-6,8H,7H2. The third-order valence-electron chi connectivity index (χ3n) is 2.91. The molecule has 0 radical (unpaired) electrons. The van der Waals surface area contributed by atoms with Gasteiger partial charge in [-0.05, 0) is 28.8 Å². The molecule has 2 aromatic carbocycles. The molecule has 0 unspecified atom stereocenters. The van der Waals surface area contributed by atoms with Gasteiger partial charge in [-0.1, -0.05) is 61.3 Å². The molecular formula is C14H9Br2NO. The second kappa shape index (κ2) is 4.86. The van der Waals surface area contributed by atoms with Crippen molar-refractivity contribution >= 4 is 42.8 Å². The second-order valence-corrected chi connectivity index (χ2v) is 5.47. The fraction of sp³-hybridized carbons (Fsp3) is 0.0714. The smallest absolute Gasteiger partial charge is 0.132 e. The van der Waals surface area contributed by atoms with Gasteiger partial charge < -0.3 is 4.52 Å². The summed E-state index contributed by atoms with van der Waals surface area (Å²) in [7, 11) is 0. The Bertz CT molecular complexity index is 689. The van der Waals surface area contributed by atoms with Crippen LogP contribution in [0.25, 0.3) is 22.0 Å². The number of hydrogen-bond acceptors (Lipinski definition) is 2. The Labute approximate surface area is 121 Å². The Morgan fingerprint density at radius 1 is 1.06 bits per heavy atom. The predicted octanol–water partition coefficient (Wildman–Crippen LogP) is 5.15. The molecule has 0 saturated carbocycles. The third-order valence-corrected chi connectivity index (χ3v) is 4.05. The van der Waals surface area contributed by atoms with Crippen LogP contribution < -0.4 is 0 Å². The van der Waals surface area contributed by atoms with Crippen LogP contribution in [0.5, 0.6) is 0 Å². The molecule has 4 heteroatoms. The molecule has 1 heterocycles. The van der Waals surface area contributed by atoms with Crippen molar-refractivity contribution < 1.29 is 4.52 Å². The molecule has 1 aromatic heterocycles. The average Bonchev–Trinajstić information content (AvgIpc) is 2.88. The maximum atomic E-state index is 5.11. The monoisotopic (exact) mass is 365 g/mol. The van der Waals surface area contributed by atoms with Crippen LogP contribution in [0.3, 0.4) is 0 Å². The minimum absolute atomic E-state index is 0.774. The van der Waals surface area contributed by atoms with E-state index in [1.807, 2.05) is 12.1 Å². The number of aromatic nitrogens is 1. The van der Waals surface area contributed by atoms with Crippen LogP contribution in [-0.4, -0.2) is 5.16 Å². The minimum Gasteiger partial charge on any atom is -0.363 e. The lowest BCUT2D eigenvalue weighted by Crippen LogP contribution is -1.84. The first-order valence-corrected chi connectivity index (χ1v) is 7.39. The Hall–Kier alpha value is -1.13. The summed E-state index contributed by atoms with van der Waals surface area (Å²) in [4.78, 5) is 0. The number of benzene rings is 2. The Morgan fingerprint density at radius 2 is 1.83 bits per heavy atom. The molecule has 0 saturated heterocycles. The van der Waals surface area contributed by atoms with E-state index in [1.54, 1.807) is 6.26 Å². The van der Waals surface area contributed by atoms with E-state index in [0.717, 1.165) is 37.4 Å². The molecule has 0 bridgehead atoms. The molecular weight excluding hydrogens is 358 g/mol. The number of hydrogen-bond donors (Lipinski definition) is 0. The van der Waals surface area contributed by atoms with E-state index in [0.29, 0.717) is 0 Å². The summed E-state index contributed by atoms with van der Waals surface area (Å²) in [5.74, 6) is 0. The third kappa shape index (κ3) is 1.99. The van der Waals surface area contributed by atoms with Gasteiger partial charge in [0.05, 0.1) is 0 Å². The molecule has 0 N–H and O–H groups in total. The van der Waals surface area contributed by atoms with E-state index in [-0.39, 0.29) is 0 Å². The van der Waals surface area contributed by atoms with Gasteiger partial charge in [-0.25, -0.2) is 0 Å². The first-order valence-electron chi connectivity index (χ1n) is 5.47. The number of fused-ring (bicyclic) bond motifs is 1. The number of halogens is 2. The Kier molecular flexibility index (Phi) is 3.22. The quantitative estimate of drug-likeness (QED) is 0.586. The lowest BCUT2D eigenvalue weighted by Gasteiger charge is -2.05. The van der Waals surface area contributed by atoms with Crippen molar-refractivity contribution in [2.24, 2.45) is 0 Å². The Balaban J connectivity index is 2.24. The van der Waals surface area contributed by atoms with E-state index < -0.39 is 0 Å². The molecule has 0 aliphatic heterocycles. The van der Waals surface area contributed by atoms with Crippen LogP contribution in [0.4, 0.5) is 0 Å². The summed E-state index contributed by atoms with van der Waals surface area (Å²) >= 11 is 6.91. The van der Waals surface area contributed by atoms with Crippen molar-refractivity contribution in [1.29, 1.82) is 0 Å². The van der Waals surface area contributed by atoms with Gasteiger partial charge in [-0.15, -0.1) is 0 Å². The molecule has 18 heavy (non-hydrogen) atoms. The van der Waals surface area contributed by atoms with Gasteiger partial charge >= 0.3 is 0 Å². The molecule has 0 fully saturated rings. The number of alkyl halides is 1. The van der Waals surface area contributed by atoms with E-state index >= 15 is 0 Å². The fourth-order valence-corrected chi connectivity index (χ4v) is 2.72. The molecule has 0 atom stereocenters. The zero-order valence-electron chi connectivity index (χ0n) is 9.36. The van der Waals surface area contributed by atoms with Crippen molar-refractivity contribution in [3.63, 3.8) is 0 Å². The van der Waals surface area contributed by atoms with Crippen molar-refractivity contribution in [3.05, 3.63) is 52.7 Å². The van der Waals surface area contributed by atoms with Crippen LogP contribution in [0.15, 0.2) is 51.7 Å². The van der Waals surface area contributed by atoms with Crippen molar-refractivity contribution in [3.8, 4) is 11.1 Å². The highest BCUT2D eigenvalue weighted by Gasteiger charge is 2.10. The molecule has 0 aliphatic rings. The highest BCUT2D eigenvalue weighted by Crippen LogP contribution is 2.31. The first-order chi connectivity index (χ1) is 8.79. The van der Waals surface area contributed by atoms with Crippen LogP contribution in [0.1, 0.15) is 5.56 Å². The Morgan fingerprint density at radius 3 is 2.56 bits per heavy atom. The summed E-state index contributed by atoms with van der Waals surface area (Å²) in [5, 5.41) is 5.90. The van der Waals surface area contributed by atoms with E-state index in [1.165, 1.54) is 0 Å². The maximum absolute atomic E-state index is 5.11. The highest BCUT2D eigenvalue weighted by atomic mass is 79.9. The molecule has 90 valence electrons. The molecule has 0 amide bonds. The average molecular weight is 367 g/mol. The van der Waals surface area contributed by atoms with Crippen molar-refractivity contribution in [2.75, 3.05) is 0 Å². The zero-order valence-corrected chi connectivity index (χ0v) is 12.5. The summed E-state index contributed by atoms with van der Waals surface area (Å²) in [5.41, 5.74) is 4.36. The zero-order chi connectivity index (χ0) is 12.5. The topological polar surface area (TPSA) is 26.0 Å². The second-order valence-electron chi connectivity index (χ2n) is 3.99. The van der Waals surface area contributed by atoms with Crippen LogP contribution in [-0.2, 0) is 5.33 Å². The van der Waals surface area contributed by atoms with E-state index in [9.17, 15) is 0 Å². The van der Waals surface area contributed by atoms with Crippen molar-refractivity contribution in [1.82, 2.24) is 5.16 Å². The van der Waals surface area contributed by atoms with Crippen LogP contribution in [0, 0.1) is 0 Å². The SMILES string of the molecule is BrCc1ccc(-c2ccc(Br)cc2)c2conc12. The molecule has 2 nitrogen and oxygen atoms in total. The van der Waals surface area contributed by atoms with Gasteiger partial charge in [-0.3, -0.25) is 0 Å². The van der Waals surface area contributed by atoms with Crippen LogP contribution in [0.2, 0.25) is 0 Å². The van der Waals surface area contributed by atoms with Gasteiger partial charge in [0.2, 0.25) is 0 Å². The molecule has 3 aromatic rings. The predicted molar refractivity (Wildman–Crippen MR) is 79.8 cm³/mol. The maximum Gasteiger partial charge on any atom is 0.132 e. The van der Waals surface area contributed by atoms with Gasteiger partial charge in [0.25, 0.3) is 0 Å². The van der Waals surface area contributed by atoms with E-state index in [2.05, 4.69) is 61.3 Å². The summed E-state index contributed by atoms with van der Waals surface area (Å²) < 4.78 is 6.19. The minimum atomic E-state index is 0.774. The van der Waals surface area contributed by atoms with Gasteiger partial charge in [0.1, 0.15) is 11.8 Å². The largest absolute Gasteiger partial charge is 0.363 e. The summed E-state index contributed by atoms with van der Waals surface area (Å²) in [6.45, 7) is 0. The number of rotatable bonds is 2. The summed E-state index contributed by atoms with van der Waals surface area (Å²) in [6.07, 6.45) is 1.71. The number of nitrogens with zero attached hydrogens (tertiary/aromatic N) is 1. The van der Waals surface area contributed by atoms with Gasteiger partial charge in [-0.2, -0.15) is 0 Å². The van der Waals surface area contributed by atoms with Gasteiger partial charge in [0, 0.05) is 15.2 Å². The first kappa shape index (κ1) is 11.9. The van der Waals surface area contributed by atoms with Gasteiger partial charge in [0.15, 0.2) is 0 Å². The highest BCUT2D eigenvalue weighted by molar-refractivity contribution is 9.10. The lowest BCUT2D eigenvalue weighted by atomic mass is 10.00. The fourth-order valence-electron chi connectivity index (χ4n) is 2.00. The van der Waals surface area contributed by atoms with E-state index in [4.69, 9.17) is 4.52 Å². The molecule has 0 aliphatic carbocycles. The molecule has 3 rings (SSSR count). The van der Waals surface area contributed by atoms with Crippen LogP contribution >= 0.6 is 31.9 Å². The lowest BCUT2D eigenvalue weighted by molar-refractivity contribution is 0.428. The molecule has 0 spiro atoms. The summed E-state index contributed by atoms with van der Waals surface area (Å²) in [6, 6.07) is 12.4. The van der Waals surface area contributed by atoms with Crippen molar-refractivity contribution in [2.45, 2.75) is 5.33 Å².